The van der Waals surface area contributed by atoms with Crippen molar-refractivity contribution in [3.8, 4) is 0 Å². The third-order valence-corrected chi connectivity index (χ3v) is 4.85. The fraction of sp³-hybridized carbons (Fsp3) is 0.429. The molecular formula is C21H26O. The maximum absolute atomic E-state index is 6.32. The standard InChI is InChI=1S/C21H26O/c1-5-7-9-17-11-13-19-18-12-10-16(8-6-2)14(3)20(18)22-21(19)15(17)4/h10-13H,5-9H2,1-4H3. The van der Waals surface area contributed by atoms with E-state index in [-0.39, 0.29) is 0 Å². The summed E-state index contributed by atoms with van der Waals surface area (Å²) in [4.78, 5) is 0. The Morgan fingerprint density at radius 2 is 1.27 bits per heavy atom. The van der Waals surface area contributed by atoms with Gasteiger partial charge >= 0.3 is 0 Å². The molecular weight excluding hydrogens is 268 g/mol. The van der Waals surface area contributed by atoms with E-state index < -0.39 is 0 Å². The second kappa shape index (κ2) is 6.16. The molecule has 0 radical (unpaired) electrons. The Kier molecular flexibility index (Phi) is 4.24. The summed E-state index contributed by atoms with van der Waals surface area (Å²) in [5.74, 6) is 0. The highest BCUT2D eigenvalue weighted by atomic mass is 16.3. The van der Waals surface area contributed by atoms with Crippen molar-refractivity contribution in [2.24, 2.45) is 0 Å². The van der Waals surface area contributed by atoms with Crippen LogP contribution in [-0.2, 0) is 12.8 Å². The van der Waals surface area contributed by atoms with Gasteiger partial charge in [0.25, 0.3) is 0 Å². The lowest BCUT2D eigenvalue weighted by Gasteiger charge is -2.05. The fourth-order valence-corrected chi connectivity index (χ4v) is 3.43. The van der Waals surface area contributed by atoms with Crippen LogP contribution in [0.3, 0.4) is 0 Å². The van der Waals surface area contributed by atoms with Gasteiger partial charge in [-0.3, -0.25) is 0 Å². The number of furan rings is 1. The molecule has 0 saturated carbocycles. The topological polar surface area (TPSA) is 13.1 Å². The first-order valence-corrected chi connectivity index (χ1v) is 8.60. The zero-order valence-corrected chi connectivity index (χ0v) is 14.3. The zero-order valence-electron chi connectivity index (χ0n) is 14.3. The van der Waals surface area contributed by atoms with Gasteiger partial charge in [0.2, 0.25) is 0 Å². The first-order valence-electron chi connectivity index (χ1n) is 8.60. The predicted octanol–water partition coefficient (Wildman–Crippen LogP) is 6.50. The molecule has 0 bridgehead atoms. The second-order valence-corrected chi connectivity index (χ2v) is 6.41. The van der Waals surface area contributed by atoms with E-state index in [2.05, 4.69) is 52.0 Å². The number of aryl methyl sites for hydroxylation is 4. The van der Waals surface area contributed by atoms with Gasteiger partial charge in [-0.15, -0.1) is 0 Å². The molecule has 0 amide bonds. The summed E-state index contributed by atoms with van der Waals surface area (Å²) in [5.41, 5.74) is 7.64. The van der Waals surface area contributed by atoms with E-state index in [9.17, 15) is 0 Å². The van der Waals surface area contributed by atoms with Crippen LogP contribution in [0.2, 0.25) is 0 Å². The summed E-state index contributed by atoms with van der Waals surface area (Å²) >= 11 is 0. The average molecular weight is 294 g/mol. The highest BCUT2D eigenvalue weighted by Gasteiger charge is 2.14. The van der Waals surface area contributed by atoms with Crippen molar-refractivity contribution in [2.75, 3.05) is 0 Å². The van der Waals surface area contributed by atoms with E-state index in [1.165, 1.54) is 52.3 Å². The van der Waals surface area contributed by atoms with E-state index in [0.29, 0.717) is 0 Å². The van der Waals surface area contributed by atoms with Crippen molar-refractivity contribution < 1.29 is 4.42 Å². The molecule has 0 saturated heterocycles. The molecule has 1 aromatic heterocycles. The molecule has 3 rings (SSSR count). The molecule has 1 nitrogen and oxygen atoms in total. The van der Waals surface area contributed by atoms with Crippen LogP contribution in [0, 0.1) is 13.8 Å². The summed E-state index contributed by atoms with van der Waals surface area (Å²) in [7, 11) is 0. The minimum Gasteiger partial charge on any atom is -0.455 e. The fourth-order valence-electron chi connectivity index (χ4n) is 3.43. The van der Waals surface area contributed by atoms with Crippen molar-refractivity contribution >= 4 is 21.9 Å². The monoisotopic (exact) mass is 294 g/mol. The minimum absolute atomic E-state index is 1.08. The van der Waals surface area contributed by atoms with Gasteiger partial charge in [0.1, 0.15) is 11.2 Å². The van der Waals surface area contributed by atoms with Crippen molar-refractivity contribution in [1.82, 2.24) is 0 Å². The van der Waals surface area contributed by atoms with Crippen LogP contribution >= 0.6 is 0 Å². The highest BCUT2D eigenvalue weighted by molar-refractivity contribution is 6.07. The van der Waals surface area contributed by atoms with Crippen LogP contribution < -0.4 is 0 Å². The Morgan fingerprint density at radius 3 is 1.77 bits per heavy atom. The maximum atomic E-state index is 6.32. The average Bonchev–Trinajstić information content (AvgIpc) is 2.90. The Bertz CT molecular complexity index is 808. The van der Waals surface area contributed by atoms with Crippen LogP contribution in [0.1, 0.15) is 55.4 Å². The normalized spacial score (nSPS) is 11.6. The molecule has 0 atom stereocenters. The number of rotatable bonds is 5. The number of hydrogen-bond donors (Lipinski definition) is 0. The number of hydrogen-bond acceptors (Lipinski definition) is 1. The zero-order chi connectivity index (χ0) is 15.7. The quantitative estimate of drug-likeness (QED) is 0.523. The number of fused-ring (bicyclic) bond motifs is 3. The molecule has 0 fully saturated rings. The van der Waals surface area contributed by atoms with Crippen LogP contribution in [0.15, 0.2) is 28.7 Å². The summed E-state index contributed by atoms with van der Waals surface area (Å²) in [6, 6.07) is 9.05. The number of unbranched alkanes of at least 4 members (excludes halogenated alkanes) is 1. The van der Waals surface area contributed by atoms with Crippen LogP contribution in [-0.4, -0.2) is 0 Å². The van der Waals surface area contributed by atoms with Crippen molar-refractivity contribution in [3.63, 3.8) is 0 Å². The third kappa shape index (κ3) is 2.43. The Hall–Kier alpha value is -1.76. The molecule has 22 heavy (non-hydrogen) atoms. The second-order valence-electron chi connectivity index (χ2n) is 6.41. The molecule has 0 aliphatic rings. The molecule has 116 valence electrons. The minimum atomic E-state index is 1.08. The van der Waals surface area contributed by atoms with Gasteiger partial charge in [-0.25, -0.2) is 0 Å². The van der Waals surface area contributed by atoms with Gasteiger partial charge in [-0.1, -0.05) is 51.0 Å². The Labute approximate surface area is 133 Å². The van der Waals surface area contributed by atoms with Gasteiger partial charge in [-0.05, 0) is 55.4 Å². The van der Waals surface area contributed by atoms with Gasteiger partial charge in [0.05, 0.1) is 0 Å². The molecule has 0 spiro atoms. The first kappa shape index (κ1) is 15.1. The van der Waals surface area contributed by atoms with Crippen LogP contribution in [0.25, 0.3) is 21.9 Å². The van der Waals surface area contributed by atoms with Gasteiger partial charge in [-0.2, -0.15) is 0 Å². The van der Waals surface area contributed by atoms with E-state index in [4.69, 9.17) is 4.42 Å². The summed E-state index contributed by atoms with van der Waals surface area (Å²) in [6.45, 7) is 8.88. The smallest absolute Gasteiger partial charge is 0.138 e. The molecule has 1 heterocycles. The summed E-state index contributed by atoms with van der Waals surface area (Å²) in [6.07, 6.45) is 5.92. The lowest BCUT2D eigenvalue weighted by molar-refractivity contribution is 0.659. The van der Waals surface area contributed by atoms with E-state index in [1.807, 2.05) is 0 Å². The largest absolute Gasteiger partial charge is 0.455 e. The maximum Gasteiger partial charge on any atom is 0.138 e. The lowest BCUT2D eigenvalue weighted by Crippen LogP contribution is -1.89. The molecule has 0 aliphatic heterocycles. The van der Waals surface area contributed by atoms with E-state index in [1.54, 1.807) is 0 Å². The summed E-state index contributed by atoms with van der Waals surface area (Å²) < 4.78 is 6.32. The summed E-state index contributed by atoms with van der Waals surface area (Å²) in [5, 5.41) is 2.52. The molecule has 3 aromatic rings. The van der Waals surface area contributed by atoms with Gasteiger partial charge in [0, 0.05) is 10.8 Å². The molecule has 0 unspecified atom stereocenters. The van der Waals surface area contributed by atoms with Gasteiger partial charge < -0.3 is 4.42 Å². The predicted molar refractivity (Wildman–Crippen MR) is 95.8 cm³/mol. The van der Waals surface area contributed by atoms with E-state index >= 15 is 0 Å². The highest BCUT2D eigenvalue weighted by Crippen LogP contribution is 2.35. The Balaban J connectivity index is 2.20. The molecule has 0 aliphatic carbocycles. The van der Waals surface area contributed by atoms with Gasteiger partial charge in [0.15, 0.2) is 0 Å². The molecule has 1 heteroatoms. The SMILES string of the molecule is CCCCc1ccc2c(oc3c(C)c(CCC)ccc32)c1C. The van der Waals surface area contributed by atoms with Crippen LogP contribution in [0.5, 0.6) is 0 Å². The molecule has 0 N–H and O–H groups in total. The van der Waals surface area contributed by atoms with Crippen LogP contribution in [0.4, 0.5) is 0 Å². The first-order chi connectivity index (χ1) is 10.7. The molecule has 2 aromatic carbocycles. The van der Waals surface area contributed by atoms with Crippen molar-refractivity contribution in [3.05, 3.63) is 46.5 Å². The Morgan fingerprint density at radius 1 is 0.727 bits per heavy atom. The lowest BCUT2D eigenvalue weighted by atomic mass is 9.98. The third-order valence-electron chi connectivity index (χ3n) is 4.85. The van der Waals surface area contributed by atoms with Crippen molar-refractivity contribution in [1.29, 1.82) is 0 Å². The van der Waals surface area contributed by atoms with E-state index in [0.717, 1.165) is 24.0 Å². The number of benzene rings is 2. The van der Waals surface area contributed by atoms with Crippen molar-refractivity contribution in [2.45, 2.75) is 59.8 Å².